The molecule has 0 saturated carbocycles. The summed E-state index contributed by atoms with van der Waals surface area (Å²) in [6.45, 7) is 1.62. The van der Waals surface area contributed by atoms with Gasteiger partial charge in [0.15, 0.2) is 6.61 Å². The second kappa shape index (κ2) is 7.88. The fourth-order valence-electron chi connectivity index (χ4n) is 4.25. The lowest BCUT2D eigenvalue weighted by atomic mass is 10.0. The third-order valence-corrected chi connectivity index (χ3v) is 5.71. The average molecular weight is 417 g/mol. The van der Waals surface area contributed by atoms with Crippen LogP contribution in [0.4, 0.5) is 11.4 Å². The molecule has 3 aliphatic heterocycles. The highest BCUT2D eigenvalue weighted by Gasteiger charge is 2.34. The molecule has 3 aliphatic rings. The number of allylic oxidation sites excluding steroid dienone is 1. The zero-order valence-corrected chi connectivity index (χ0v) is 17.1. The standard InChI is InChI=1S/C23H23N5O3/c1-28-11-10-14(12-28)24-19(29)13-31-27-21-16-7-3-5-9-18(16)25-22(21)20-15-6-2-4-8-17(15)26-23(20)30/h2-9,14,25H,10-13H2,1H3,(H,24,29)(H,26,30)/b22-20+,27-21+. The Morgan fingerprint density at radius 2 is 1.84 bits per heavy atom. The van der Waals surface area contributed by atoms with Crippen molar-refractivity contribution in [2.24, 2.45) is 5.16 Å². The maximum absolute atomic E-state index is 12.7. The minimum absolute atomic E-state index is 0.138. The van der Waals surface area contributed by atoms with Crippen molar-refractivity contribution >= 4 is 34.5 Å². The van der Waals surface area contributed by atoms with E-state index in [9.17, 15) is 9.59 Å². The van der Waals surface area contributed by atoms with Gasteiger partial charge in [0.1, 0.15) is 5.71 Å². The number of oxime groups is 1. The first-order valence-corrected chi connectivity index (χ1v) is 10.3. The summed E-state index contributed by atoms with van der Waals surface area (Å²) in [4.78, 5) is 32.6. The molecular formula is C23H23N5O3. The molecule has 158 valence electrons. The Morgan fingerprint density at radius 3 is 2.58 bits per heavy atom. The van der Waals surface area contributed by atoms with Gasteiger partial charge >= 0.3 is 0 Å². The van der Waals surface area contributed by atoms with Crippen molar-refractivity contribution in [2.45, 2.75) is 12.5 Å². The van der Waals surface area contributed by atoms with Crippen molar-refractivity contribution < 1.29 is 14.4 Å². The van der Waals surface area contributed by atoms with Gasteiger partial charge in [-0.25, -0.2) is 0 Å². The van der Waals surface area contributed by atoms with Crippen LogP contribution >= 0.6 is 0 Å². The summed E-state index contributed by atoms with van der Waals surface area (Å²) in [7, 11) is 2.03. The number of benzene rings is 2. The third-order valence-electron chi connectivity index (χ3n) is 5.71. The lowest BCUT2D eigenvalue weighted by Crippen LogP contribution is -2.38. The van der Waals surface area contributed by atoms with Crippen molar-refractivity contribution in [2.75, 3.05) is 37.4 Å². The van der Waals surface area contributed by atoms with Gasteiger partial charge in [-0.1, -0.05) is 41.6 Å². The number of hydrogen-bond acceptors (Lipinski definition) is 6. The van der Waals surface area contributed by atoms with E-state index in [2.05, 4.69) is 26.0 Å². The molecule has 1 atom stereocenters. The highest BCUT2D eigenvalue weighted by Crippen LogP contribution is 2.38. The molecule has 2 aromatic rings. The van der Waals surface area contributed by atoms with Gasteiger partial charge in [-0.2, -0.15) is 0 Å². The van der Waals surface area contributed by atoms with E-state index in [1.165, 1.54) is 0 Å². The van der Waals surface area contributed by atoms with Crippen LogP contribution in [0.2, 0.25) is 0 Å². The first-order chi connectivity index (χ1) is 15.1. The van der Waals surface area contributed by atoms with E-state index in [4.69, 9.17) is 4.84 Å². The summed E-state index contributed by atoms with van der Waals surface area (Å²) in [6, 6.07) is 15.3. The number of likely N-dealkylation sites (tertiary alicyclic amines) is 1. The van der Waals surface area contributed by atoms with E-state index in [-0.39, 0.29) is 24.5 Å². The summed E-state index contributed by atoms with van der Waals surface area (Å²) in [5.41, 5.74) is 4.80. The van der Waals surface area contributed by atoms with Crippen molar-refractivity contribution in [3.63, 3.8) is 0 Å². The molecule has 3 N–H and O–H groups in total. The molecule has 1 unspecified atom stereocenters. The Labute approximate surface area is 179 Å². The first kappa shape index (κ1) is 19.3. The summed E-state index contributed by atoms with van der Waals surface area (Å²) in [5, 5.41) is 13.4. The SMILES string of the molecule is CN1CCC(NC(=O)CO/N=C2/C(=C3\C(=O)Nc4ccccc43)Nc3ccccc32)C1. The van der Waals surface area contributed by atoms with Crippen LogP contribution < -0.4 is 16.0 Å². The lowest BCUT2D eigenvalue weighted by Gasteiger charge is -2.12. The maximum Gasteiger partial charge on any atom is 0.261 e. The number of hydrogen-bond donors (Lipinski definition) is 3. The van der Waals surface area contributed by atoms with E-state index in [0.717, 1.165) is 42.0 Å². The van der Waals surface area contributed by atoms with E-state index in [0.29, 0.717) is 17.0 Å². The minimum atomic E-state index is -0.206. The molecule has 2 aromatic carbocycles. The molecular weight excluding hydrogens is 394 g/mol. The molecule has 0 spiro atoms. The van der Waals surface area contributed by atoms with Crippen LogP contribution in [0.1, 0.15) is 17.5 Å². The molecule has 31 heavy (non-hydrogen) atoms. The number of likely N-dealkylation sites (N-methyl/N-ethyl adjacent to an activating group) is 1. The number of para-hydroxylation sites is 2. The van der Waals surface area contributed by atoms with Crippen molar-refractivity contribution in [3.8, 4) is 0 Å². The van der Waals surface area contributed by atoms with E-state index >= 15 is 0 Å². The predicted octanol–water partition coefficient (Wildman–Crippen LogP) is 2.02. The number of anilines is 2. The summed E-state index contributed by atoms with van der Waals surface area (Å²) < 4.78 is 0. The number of carbonyl (C=O) groups is 2. The molecule has 5 rings (SSSR count). The zero-order chi connectivity index (χ0) is 21.4. The number of nitrogens with zero attached hydrogens (tertiary/aromatic N) is 2. The van der Waals surface area contributed by atoms with Gasteiger partial charge in [0.2, 0.25) is 0 Å². The number of nitrogens with one attached hydrogen (secondary N) is 3. The van der Waals surface area contributed by atoms with Crippen LogP contribution in [-0.4, -0.2) is 55.2 Å². The monoisotopic (exact) mass is 417 g/mol. The smallest absolute Gasteiger partial charge is 0.261 e. The quantitative estimate of drug-likeness (QED) is 0.523. The van der Waals surface area contributed by atoms with Gasteiger partial charge in [0, 0.05) is 35.1 Å². The second-order valence-electron chi connectivity index (χ2n) is 7.95. The molecule has 1 saturated heterocycles. The van der Waals surface area contributed by atoms with Crippen LogP contribution in [0.5, 0.6) is 0 Å². The Kier molecular flexibility index (Phi) is 4.91. The molecule has 3 heterocycles. The van der Waals surface area contributed by atoms with Crippen LogP contribution in [0, 0.1) is 0 Å². The van der Waals surface area contributed by atoms with Gasteiger partial charge < -0.3 is 25.7 Å². The minimum Gasteiger partial charge on any atom is -0.385 e. The average Bonchev–Trinajstić information content (AvgIpc) is 3.42. The number of fused-ring (bicyclic) bond motifs is 2. The molecule has 8 heteroatoms. The number of carbonyl (C=O) groups excluding carboxylic acids is 2. The fraction of sp³-hybridized carbons (Fsp3) is 0.261. The first-order valence-electron chi connectivity index (χ1n) is 10.3. The number of rotatable bonds is 4. The molecule has 0 radical (unpaired) electrons. The Hall–Kier alpha value is -3.65. The third kappa shape index (κ3) is 3.66. The Balaban J connectivity index is 1.41. The lowest BCUT2D eigenvalue weighted by molar-refractivity contribution is -0.126. The van der Waals surface area contributed by atoms with Gasteiger partial charge in [0.25, 0.3) is 11.8 Å². The van der Waals surface area contributed by atoms with Gasteiger partial charge in [-0.15, -0.1) is 0 Å². The van der Waals surface area contributed by atoms with Gasteiger partial charge in [-0.3, -0.25) is 9.59 Å². The Bertz CT molecular complexity index is 1120. The fourth-order valence-corrected chi connectivity index (χ4v) is 4.25. The molecule has 0 bridgehead atoms. The van der Waals surface area contributed by atoms with Gasteiger partial charge in [0.05, 0.1) is 11.3 Å². The molecule has 8 nitrogen and oxygen atoms in total. The highest BCUT2D eigenvalue weighted by atomic mass is 16.6. The van der Waals surface area contributed by atoms with Gasteiger partial charge in [-0.05, 0) is 32.1 Å². The van der Waals surface area contributed by atoms with Crippen LogP contribution in [0.15, 0.2) is 59.4 Å². The summed E-state index contributed by atoms with van der Waals surface area (Å²) >= 11 is 0. The molecule has 2 amide bonds. The van der Waals surface area contributed by atoms with Crippen LogP contribution in [-0.2, 0) is 14.4 Å². The summed E-state index contributed by atoms with van der Waals surface area (Å²) in [6.07, 6.45) is 0.929. The van der Waals surface area contributed by atoms with E-state index in [1.807, 2.05) is 55.6 Å². The normalized spacial score (nSPS) is 23.3. The van der Waals surface area contributed by atoms with Crippen molar-refractivity contribution in [1.29, 1.82) is 0 Å². The van der Waals surface area contributed by atoms with Crippen LogP contribution in [0.25, 0.3) is 5.57 Å². The second-order valence-corrected chi connectivity index (χ2v) is 7.95. The van der Waals surface area contributed by atoms with E-state index in [1.54, 1.807) is 0 Å². The molecule has 0 aliphatic carbocycles. The zero-order valence-electron chi connectivity index (χ0n) is 17.1. The van der Waals surface area contributed by atoms with Crippen LogP contribution in [0.3, 0.4) is 0 Å². The van der Waals surface area contributed by atoms with Crippen molar-refractivity contribution in [3.05, 3.63) is 65.4 Å². The topological polar surface area (TPSA) is 95.1 Å². The largest absolute Gasteiger partial charge is 0.385 e. The predicted molar refractivity (Wildman–Crippen MR) is 119 cm³/mol. The van der Waals surface area contributed by atoms with E-state index < -0.39 is 0 Å². The maximum atomic E-state index is 12.7. The Morgan fingerprint density at radius 1 is 1.13 bits per heavy atom. The molecule has 1 fully saturated rings. The summed E-state index contributed by atoms with van der Waals surface area (Å²) in [5.74, 6) is -0.408. The molecule has 0 aromatic heterocycles. The number of amides is 2. The highest BCUT2D eigenvalue weighted by molar-refractivity contribution is 6.39. The van der Waals surface area contributed by atoms with Crippen molar-refractivity contribution in [1.82, 2.24) is 10.2 Å².